The Hall–Kier alpha value is -4.62. The van der Waals surface area contributed by atoms with Crippen LogP contribution in [0.4, 0.5) is 24.7 Å². The molecule has 0 saturated heterocycles. The smallest absolute Gasteiger partial charge is 0.418 e. The van der Waals surface area contributed by atoms with Gasteiger partial charge in [0.1, 0.15) is 0 Å². The molecule has 0 fully saturated rings. The van der Waals surface area contributed by atoms with Crippen LogP contribution in [0.15, 0.2) is 35.2 Å². The fraction of sp³-hybridized carbons (Fsp3) is 0.150. The Kier molecular flexibility index (Phi) is 5.56. The second-order valence-corrected chi connectivity index (χ2v) is 6.96. The minimum Gasteiger partial charge on any atom is -0.418 e. The number of carbonyl (C=O) groups excluding carboxylic acids is 2. The summed E-state index contributed by atoms with van der Waals surface area (Å²) in [6.07, 6.45) is -0.776. The maximum Gasteiger partial charge on any atom is 0.491 e. The van der Waals surface area contributed by atoms with E-state index in [1.54, 1.807) is 13.1 Å². The number of aromatic nitrogens is 4. The molecule has 0 radical (unpaired) electrons. The Labute approximate surface area is 188 Å². The Bertz CT molecular complexity index is 1400. The topological polar surface area (TPSA) is 175 Å². The predicted molar refractivity (Wildman–Crippen MR) is 113 cm³/mol. The summed E-state index contributed by atoms with van der Waals surface area (Å²) in [5.74, 6) is -3.94. The van der Waals surface area contributed by atoms with Crippen molar-refractivity contribution in [1.82, 2.24) is 25.7 Å². The molecule has 0 saturated carbocycles. The number of nitrogens with zero attached hydrogens (tertiary/aromatic N) is 3. The zero-order valence-corrected chi connectivity index (χ0v) is 17.4. The standard InChI is InChI=1S/C20H16F3N7O4/c1-2-26-18(31)10-3-8(4-12(14(10)24)33-19(32)20(21,22)23)15-13-16(34-30-17(13)25)11(7-27-15)9-5-28-29-6-9/h3-7H,2,24H2,1H3,(H2,25,30)(H,26,31)(H,28,29). The highest BCUT2D eigenvalue weighted by Gasteiger charge is 2.42. The number of benzene rings is 1. The summed E-state index contributed by atoms with van der Waals surface area (Å²) in [6, 6.07) is 2.34. The number of hydrogen-bond acceptors (Lipinski definition) is 9. The van der Waals surface area contributed by atoms with E-state index in [1.165, 1.54) is 18.5 Å². The average Bonchev–Trinajstić information content (AvgIpc) is 3.45. The van der Waals surface area contributed by atoms with Crippen LogP contribution in [0.25, 0.3) is 33.4 Å². The van der Waals surface area contributed by atoms with Gasteiger partial charge in [-0.3, -0.25) is 14.9 Å². The minimum atomic E-state index is -5.29. The molecule has 6 N–H and O–H groups in total. The van der Waals surface area contributed by atoms with Crippen molar-refractivity contribution in [3.63, 3.8) is 0 Å². The molecule has 34 heavy (non-hydrogen) atoms. The lowest BCUT2D eigenvalue weighted by atomic mass is 10.00. The zero-order valence-electron chi connectivity index (χ0n) is 17.4. The Morgan fingerprint density at radius 3 is 2.62 bits per heavy atom. The second kappa shape index (κ2) is 8.38. The number of ether oxygens (including phenoxy) is 1. The number of nitrogen functional groups attached to an aromatic ring is 2. The fourth-order valence-electron chi connectivity index (χ4n) is 3.24. The van der Waals surface area contributed by atoms with Gasteiger partial charge in [0.25, 0.3) is 5.91 Å². The third-order valence-electron chi connectivity index (χ3n) is 4.76. The highest BCUT2D eigenvalue weighted by Crippen LogP contribution is 2.40. The van der Waals surface area contributed by atoms with E-state index >= 15 is 0 Å². The molecule has 14 heteroatoms. The van der Waals surface area contributed by atoms with Crippen molar-refractivity contribution in [3.8, 4) is 28.1 Å². The summed E-state index contributed by atoms with van der Waals surface area (Å²) in [5, 5.41) is 13.0. The molecule has 4 aromatic rings. The quantitative estimate of drug-likeness (QED) is 0.192. The Morgan fingerprint density at radius 2 is 1.97 bits per heavy atom. The number of H-pyrrole nitrogens is 1. The number of esters is 1. The van der Waals surface area contributed by atoms with Gasteiger partial charge in [-0.05, 0) is 19.1 Å². The van der Waals surface area contributed by atoms with E-state index in [0.29, 0.717) is 11.1 Å². The van der Waals surface area contributed by atoms with Crippen molar-refractivity contribution in [2.45, 2.75) is 13.1 Å². The molecule has 0 atom stereocenters. The van der Waals surface area contributed by atoms with Crippen LogP contribution in [0, 0.1) is 0 Å². The molecule has 3 heterocycles. The fourth-order valence-corrected chi connectivity index (χ4v) is 3.24. The van der Waals surface area contributed by atoms with Crippen LogP contribution in [0.3, 0.4) is 0 Å². The Morgan fingerprint density at radius 1 is 1.21 bits per heavy atom. The number of halogens is 3. The number of aromatic amines is 1. The normalized spacial score (nSPS) is 11.5. The predicted octanol–water partition coefficient (Wildman–Crippen LogP) is 2.66. The number of alkyl halides is 3. The molecule has 0 aliphatic rings. The summed E-state index contributed by atoms with van der Waals surface area (Å²) in [7, 11) is 0. The van der Waals surface area contributed by atoms with Gasteiger partial charge in [-0.1, -0.05) is 5.16 Å². The third-order valence-corrected chi connectivity index (χ3v) is 4.76. The van der Waals surface area contributed by atoms with E-state index in [4.69, 9.17) is 16.0 Å². The number of carbonyl (C=O) groups is 2. The SMILES string of the molecule is CCNC(=O)c1cc(-c2ncc(-c3cn[nH]c3)c3onc(N)c23)cc(OC(=O)C(F)(F)F)c1N. The largest absolute Gasteiger partial charge is 0.491 e. The van der Waals surface area contributed by atoms with Crippen molar-refractivity contribution in [1.29, 1.82) is 0 Å². The van der Waals surface area contributed by atoms with Gasteiger partial charge in [0.05, 0.1) is 28.5 Å². The molecule has 11 nitrogen and oxygen atoms in total. The molecule has 1 amide bonds. The van der Waals surface area contributed by atoms with Crippen LogP contribution in [-0.2, 0) is 4.79 Å². The van der Waals surface area contributed by atoms with Crippen LogP contribution in [0.1, 0.15) is 17.3 Å². The molecule has 0 bridgehead atoms. The number of rotatable bonds is 5. The number of fused-ring (bicyclic) bond motifs is 1. The highest BCUT2D eigenvalue weighted by molar-refractivity contribution is 6.07. The molecule has 0 spiro atoms. The number of nitrogens with one attached hydrogen (secondary N) is 2. The lowest BCUT2D eigenvalue weighted by Crippen LogP contribution is -2.29. The van der Waals surface area contributed by atoms with Crippen molar-refractivity contribution in [2.75, 3.05) is 18.0 Å². The van der Waals surface area contributed by atoms with Gasteiger partial charge in [-0.15, -0.1) is 0 Å². The molecule has 3 aromatic heterocycles. The number of anilines is 2. The van der Waals surface area contributed by atoms with E-state index in [2.05, 4.69) is 30.4 Å². The molecule has 0 aliphatic carbocycles. The summed E-state index contributed by atoms with van der Waals surface area (Å²) in [5.41, 5.74) is 12.7. The third kappa shape index (κ3) is 3.96. The van der Waals surface area contributed by atoms with E-state index in [1.807, 2.05) is 0 Å². The highest BCUT2D eigenvalue weighted by atomic mass is 19.4. The van der Waals surface area contributed by atoms with E-state index in [0.717, 1.165) is 6.07 Å². The van der Waals surface area contributed by atoms with Crippen LogP contribution < -0.4 is 21.5 Å². The van der Waals surface area contributed by atoms with Crippen LogP contribution >= 0.6 is 0 Å². The van der Waals surface area contributed by atoms with Crippen molar-refractivity contribution >= 4 is 34.4 Å². The number of amides is 1. The van der Waals surface area contributed by atoms with Gasteiger partial charge < -0.3 is 26.0 Å². The van der Waals surface area contributed by atoms with Gasteiger partial charge >= 0.3 is 12.1 Å². The van der Waals surface area contributed by atoms with E-state index < -0.39 is 29.5 Å². The van der Waals surface area contributed by atoms with Crippen LogP contribution in [0.2, 0.25) is 0 Å². The van der Waals surface area contributed by atoms with Crippen molar-refractivity contribution < 1.29 is 32.0 Å². The van der Waals surface area contributed by atoms with Crippen molar-refractivity contribution in [3.05, 3.63) is 36.3 Å². The summed E-state index contributed by atoms with van der Waals surface area (Å²) < 4.78 is 48.3. The number of hydrogen-bond donors (Lipinski definition) is 4. The van der Waals surface area contributed by atoms with E-state index in [-0.39, 0.29) is 40.2 Å². The second-order valence-electron chi connectivity index (χ2n) is 6.96. The van der Waals surface area contributed by atoms with Crippen LogP contribution in [-0.4, -0.2) is 44.9 Å². The first-order valence-corrected chi connectivity index (χ1v) is 9.65. The van der Waals surface area contributed by atoms with Crippen LogP contribution in [0.5, 0.6) is 5.75 Å². The molecular weight excluding hydrogens is 459 g/mol. The number of pyridine rings is 1. The van der Waals surface area contributed by atoms with E-state index in [9.17, 15) is 22.8 Å². The molecule has 4 rings (SSSR count). The first-order valence-electron chi connectivity index (χ1n) is 9.65. The summed E-state index contributed by atoms with van der Waals surface area (Å²) >= 11 is 0. The molecule has 176 valence electrons. The van der Waals surface area contributed by atoms with Gasteiger partial charge in [-0.2, -0.15) is 18.3 Å². The Balaban J connectivity index is 1.94. The molecular formula is C20H16F3N7O4. The maximum atomic E-state index is 12.8. The summed E-state index contributed by atoms with van der Waals surface area (Å²) in [4.78, 5) is 28.4. The lowest BCUT2D eigenvalue weighted by Gasteiger charge is -2.15. The average molecular weight is 475 g/mol. The van der Waals surface area contributed by atoms with Gasteiger partial charge in [-0.25, -0.2) is 4.79 Å². The number of nitrogens with two attached hydrogens (primary N) is 2. The molecule has 0 unspecified atom stereocenters. The zero-order chi connectivity index (χ0) is 24.6. The first-order chi connectivity index (χ1) is 16.1. The maximum absolute atomic E-state index is 12.8. The first kappa shape index (κ1) is 22.6. The molecule has 0 aliphatic heterocycles. The summed E-state index contributed by atoms with van der Waals surface area (Å²) in [6.45, 7) is 1.85. The van der Waals surface area contributed by atoms with Gasteiger partial charge in [0.15, 0.2) is 17.2 Å². The minimum absolute atomic E-state index is 0.0620. The van der Waals surface area contributed by atoms with Gasteiger partial charge in [0.2, 0.25) is 0 Å². The molecule has 1 aromatic carbocycles. The van der Waals surface area contributed by atoms with Crippen molar-refractivity contribution in [2.24, 2.45) is 0 Å². The monoisotopic (exact) mass is 475 g/mol. The van der Waals surface area contributed by atoms with Gasteiger partial charge in [0, 0.05) is 35.6 Å². The lowest BCUT2D eigenvalue weighted by molar-refractivity contribution is -0.189.